The van der Waals surface area contributed by atoms with Crippen molar-refractivity contribution in [3.05, 3.63) is 11.9 Å². The summed E-state index contributed by atoms with van der Waals surface area (Å²) >= 11 is 0. The van der Waals surface area contributed by atoms with Crippen LogP contribution < -0.4 is 5.32 Å². The first-order chi connectivity index (χ1) is 6.11. The molecular weight excluding hydrogens is 192 g/mol. The van der Waals surface area contributed by atoms with Crippen LogP contribution in [0.3, 0.4) is 0 Å². The monoisotopic (exact) mass is 198 g/mol. The van der Waals surface area contributed by atoms with E-state index in [1.165, 1.54) is 6.20 Å². The smallest absolute Gasteiger partial charge is 0.287 e. The van der Waals surface area contributed by atoms with Crippen LogP contribution >= 0.6 is 0 Å². The lowest BCUT2D eigenvalue weighted by Gasteiger charge is -2.11. The molecule has 1 aromatic heterocycles. The third kappa shape index (κ3) is 1.17. The SMILES string of the molecule is Cc1nncc2c1S(=O)(=O)N=CN2. The number of aryl methyl sites for hydroxylation is 1. The highest BCUT2D eigenvalue weighted by molar-refractivity contribution is 7.90. The lowest BCUT2D eigenvalue weighted by Crippen LogP contribution is -2.14. The Kier molecular flexibility index (Phi) is 1.56. The highest BCUT2D eigenvalue weighted by Gasteiger charge is 2.23. The van der Waals surface area contributed by atoms with Gasteiger partial charge in [0.05, 0.1) is 17.6 Å². The Morgan fingerprint density at radius 2 is 2.23 bits per heavy atom. The average Bonchev–Trinajstić information content (AvgIpc) is 2.02. The molecular formula is C6H6N4O2S. The molecule has 2 heterocycles. The first-order valence-corrected chi connectivity index (χ1v) is 4.93. The van der Waals surface area contributed by atoms with Gasteiger partial charge in [-0.05, 0) is 6.92 Å². The van der Waals surface area contributed by atoms with Gasteiger partial charge in [-0.1, -0.05) is 0 Å². The maximum absolute atomic E-state index is 11.4. The summed E-state index contributed by atoms with van der Waals surface area (Å²) in [7, 11) is -3.57. The van der Waals surface area contributed by atoms with Gasteiger partial charge in [-0.15, -0.1) is 4.40 Å². The molecule has 0 spiro atoms. The summed E-state index contributed by atoms with van der Waals surface area (Å²) in [6, 6.07) is 0. The average molecular weight is 198 g/mol. The lowest BCUT2D eigenvalue weighted by molar-refractivity contribution is 0.596. The quantitative estimate of drug-likeness (QED) is 0.630. The number of hydrogen-bond donors (Lipinski definition) is 1. The summed E-state index contributed by atoms with van der Waals surface area (Å²) in [6.45, 7) is 1.58. The van der Waals surface area contributed by atoms with Crippen LogP contribution in [0.25, 0.3) is 0 Å². The number of sulfonamides is 1. The Morgan fingerprint density at radius 1 is 1.46 bits per heavy atom. The number of nitrogens with one attached hydrogen (secondary N) is 1. The molecule has 68 valence electrons. The van der Waals surface area contributed by atoms with Crippen molar-refractivity contribution in [3.8, 4) is 0 Å². The van der Waals surface area contributed by atoms with Crippen molar-refractivity contribution in [1.82, 2.24) is 10.2 Å². The zero-order valence-corrected chi connectivity index (χ0v) is 7.54. The Balaban J connectivity index is 2.81. The molecule has 1 aliphatic rings. The summed E-state index contributed by atoms with van der Waals surface area (Å²) in [6.07, 6.45) is 2.48. The number of rotatable bonds is 0. The van der Waals surface area contributed by atoms with Crippen LogP contribution in [-0.4, -0.2) is 25.0 Å². The Hall–Kier alpha value is -1.50. The Labute approximate surface area is 74.8 Å². The fourth-order valence-corrected chi connectivity index (χ4v) is 2.22. The molecule has 0 radical (unpaired) electrons. The van der Waals surface area contributed by atoms with Crippen molar-refractivity contribution in [3.63, 3.8) is 0 Å². The largest absolute Gasteiger partial charge is 0.343 e. The molecule has 0 fully saturated rings. The van der Waals surface area contributed by atoms with Gasteiger partial charge in [-0.25, -0.2) is 0 Å². The number of nitrogens with zero attached hydrogens (tertiary/aromatic N) is 3. The van der Waals surface area contributed by atoms with E-state index in [4.69, 9.17) is 0 Å². The third-order valence-electron chi connectivity index (χ3n) is 1.64. The van der Waals surface area contributed by atoms with Gasteiger partial charge in [0.2, 0.25) is 0 Å². The van der Waals surface area contributed by atoms with Crippen molar-refractivity contribution < 1.29 is 8.42 Å². The van der Waals surface area contributed by atoms with E-state index in [-0.39, 0.29) is 4.90 Å². The fraction of sp³-hybridized carbons (Fsp3) is 0.167. The van der Waals surface area contributed by atoms with Gasteiger partial charge < -0.3 is 5.32 Å². The zero-order valence-electron chi connectivity index (χ0n) is 6.72. The van der Waals surface area contributed by atoms with E-state index in [1.807, 2.05) is 0 Å². The van der Waals surface area contributed by atoms with Crippen LogP contribution in [0.5, 0.6) is 0 Å². The first-order valence-electron chi connectivity index (χ1n) is 3.49. The second-order valence-electron chi connectivity index (χ2n) is 2.53. The molecule has 0 bridgehead atoms. The molecule has 1 N–H and O–H groups in total. The first kappa shape index (κ1) is 8.11. The molecule has 0 unspecified atom stereocenters. The lowest BCUT2D eigenvalue weighted by atomic mass is 10.4. The minimum Gasteiger partial charge on any atom is -0.343 e. The van der Waals surface area contributed by atoms with Crippen molar-refractivity contribution in [2.75, 3.05) is 5.32 Å². The summed E-state index contributed by atoms with van der Waals surface area (Å²) in [4.78, 5) is 0.102. The van der Waals surface area contributed by atoms with Crippen molar-refractivity contribution in [1.29, 1.82) is 0 Å². The predicted molar refractivity (Wildman–Crippen MR) is 46.1 cm³/mol. The van der Waals surface area contributed by atoms with Gasteiger partial charge in [0.1, 0.15) is 11.2 Å². The molecule has 0 amide bonds. The van der Waals surface area contributed by atoms with Crippen molar-refractivity contribution in [2.45, 2.75) is 11.8 Å². The molecule has 0 saturated carbocycles. The normalized spacial score (nSPS) is 17.6. The van der Waals surface area contributed by atoms with Crippen LogP contribution in [0.2, 0.25) is 0 Å². The van der Waals surface area contributed by atoms with Crippen LogP contribution in [0.4, 0.5) is 5.69 Å². The van der Waals surface area contributed by atoms with Crippen LogP contribution in [0, 0.1) is 6.92 Å². The topological polar surface area (TPSA) is 84.3 Å². The summed E-state index contributed by atoms with van der Waals surface area (Å²) in [5.41, 5.74) is 0.768. The van der Waals surface area contributed by atoms with E-state index in [0.29, 0.717) is 11.4 Å². The zero-order chi connectivity index (χ0) is 9.47. The standard InChI is InChI=1S/C6H6N4O2S/c1-4-6-5(2-8-10-4)7-3-9-13(6,11)12/h2-3H,1H3,(H,7,9). The summed E-state index contributed by atoms with van der Waals surface area (Å²) < 4.78 is 26.1. The third-order valence-corrected chi connectivity index (χ3v) is 3.05. The Bertz CT molecular complexity index is 479. The van der Waals surface area contributed by atoms with Gasteiger partial charge in [0.25, 0.3) is 10.0 Å². The number of aromatic nitrogens is 2. The van der Waals surface area contributed by atoms with Crippen molar-refractivity contribution >= 4 is 22.0 Å². The number of hydrogen-bond acceptors (Lipinski definition) is 5. The second kappa shape index (κ2) is 2.49. The molecule has 2 rings (SSSR count). The minimum atomic E-state index is -3.57. The van der Waals surface area contributed by atoms with E-state index >= 15 is 0 Å². The Morgan fingerprint density at radius 3 is 2.92 bits per heavy atom. The second-order valence-corrected chi connectivity index (χ2v) is 4.10. The van der Waals surface area contributed by atoms with E-state index in [2.05, 4.69) is 19.9 Å². The molecule has 13 heavy (non-hydrogen) atoms. The van der Waals surface area contributed by atoms with E-state index in [0.717, 1.165) is 6.34 Å². The predicted octanol–water partition coefficient (Wildman–Crippen LogP) is -0.0725. The molecule has 0 aliphatic carbocycles. The molecule has 6 nitrogen and oxygen atoms in total. The van der Waals surface area contributed by atoms with Crippen LogP contribution in [0.1, 0.15) is 5.69 Å². The summed E-state index contributed by atoms with van der Waals surface area (Å²) in [5.74, 6) is 0. The van der Waals surface area contributed by atoms with Crippen LogP contribution in [-0.2, 0) is 10.0 Å². The van der Waals surface area contributed by atoms with Gasteiger partial charge in [-0.3, -0.25) is 0 Å². The van der Waals surface area contributed by atoms with E-state index < -0.39 is 10.0 Å². The minimum absolute atomic E-state index is 0.102. The molecule has 7 heteroatoms. The maximum Gasteiger partial charge on any atom is 0.287 e. The molecule has 0 saturated heterocycles. The molecule has 0 aromatic carbocycles. The maximum atomic E-state index is 11.4. The number of fused-ring (bicyclic) bond motifs is 1. The highest BCUT2D eigenvalue weighted by Crippen LogP contribution is 2.25. The van der Waals surface area contributed by atoms with Crippen molar-refractivity contribution in [2.24, 2.45) is 4.40 Å². The molecule has 1 aliphatic heterocycles. The number of anilines is 1. The van der Waals surface area contributed by atoms with E-state index in [9.17, 15) is 8.42 Å². The van der Waals surface area contributed by atoms with Gasteiger partial charge in [0.15, 0.2) is 0 Å². The molecule has 1 aromatic rings. The molecule has 0 atom stereocenters. The van der Waals surface area contributed by atoms with E-state index in [1.54, 1.807) is 6.92 Å². The van der Waals surface area contributed by atoms with Gasteiger partial charge in [0, 0.05) is 0 Å². The fourth-order valence-electron chi connectivity index (χ4n) is 1.12. The van der Waals surface area contributed by atoms with Gasteiger partial charge >= 0.3 is 0 Å². The summed E-state index contributed by atoms with van der Waals surface area (Å²) in [5, 5.41) is 9.96. The van der Waals surface area contributed by atoms with Crippen LogP contribution in [0.15, 0.2) is 15.5 Å². The highest BCUT2D eigenvalue weighted by atomic mass is 32.2. The van der Waals surface area contributed by atoms with Gasteiger partial charge in [-0.2, -0.15) is 18.6 Å².